The minimum Gasteiger partial charge on any atom is -0.438 e. The van der Waals surface area contributed by atoms with Crippen molar-refractivity contribution in [3.05, 3.63) is 64.8 Å². The molecule has 1 aromatic heterocycles. The molecule has 0 unspecified atom stereocenters. The highest BCUT2D eigenvalue weighted by Gasteiger charge is 2.09. The zero-order valence-electron chi connectivity index (χ0n) is 11.5. The van der Waals surface area contributed by atoms with Crippen LogP contribution in [0.1, 0.15) is 18.6 Å². The Balaban J connectivity index is 1.98. The predicted molar refractivity (Wildman–Crippen MR) is 86.6 cm³/mol. The number of rotatable bonds is 3. The zero-order valence-corrected chi connectivity index (χ0v) is 13.0. The van der Waals surface area contributed by atoms with E-state index in [1.54, 1.807) is 25.3 Å². The van der Waals surface area contributed by atoms with Crippen LogP contribution >= 0.6 is 15.9 Å². The first-order chi connectivity index (χ1) is 10.1. The Morgan fingerprint density at radius 3 is 2.76 bits per heavy atom. The van der Waals surface area contributed by atoms with E-state index < -0.39 is 6.10 Å². The molecule has 0 amide bonds. The molecule has 0 bridgehead atoms. The first-order valence-electron chi connectivity index (χ1n) is 6.64. The SMILES string of the molecule is C[C@@H](O)c1ccnc(Oc2ccc3ccccc3c2Br)c1. The largest absolute Gasteiger partial charge is 0.438 e. The number of aromatic nitrogens is 1. The van der Waals surface area contributed by atoms with Gasteiger partial charge in [0.25, 0.3) is 0 Å². The Kier molecular flexibility index (Phi) is 3.90. The minimum atomic E-state index is -0.546. The highest BCUT2D eigenvalue weighted by atomic mass is 79.9. The van der Waals surface area contributed by atoms with Gasteiger partial charge in [0.1, 0.15) is 5.75 Å². The van der Waals surface area contributed by atoms with Crippen LogP contribution in [-0.2, 0) is 0 Å². The maximum absolute atomic E-state index is 9.62. The summed E-state index contributed by atoms with van der Waals surface area (Å²) in [6, 6.07) is 15.5. The summed E-state index contributed by atoms with van der Waals surface area (Å²) < 4.78 is 6.73. The maximum atomic E-state index is 9.62. The minimum absolute atomic E-state index is 0.462. The van der Waals surface area contributed by atoms with Gasteiger partial charge in [0, 0.05) is 12.3 Å². The van der Waals surface area contributed by atoms with Gasteiger partial charge in [-0.15, -0.1) is 0 Å². The molecule has 0 spiro atoms. The van der Waals surface area contributed by atoms with E-state index in [0.29, 0.717) is 11.6 Å². The molecule has 0 aliphatic rings. The number of benzene rings is 2. The van der Waals surface area contributed by atoms with Crippen LogP contribution in [0.4, 0.5) is 0 Å². The van der Waals surface area contributed by atoms with Crippen LogP contribution in [0.25, 0.3) is 10.8 Å². The molecule has 0 saturated carbocycles. The normalized spacial score (nSPS) is 12.3. The molecular formula is C17H14BrNO2. The average Bonchev–Trinajstić information content (AvgIpc) is 2.51. The molecule has 0 fully saturated rings. The van der Waals surface area contributed by atoms with Gasteiger partial charge in [-0.25, -0.2) is 4.98 Å². The summed E-state index contributed by atoms with van der Waals surface area (Å²) in [6.07, 6.45) is 1.09. The number of ether oxygens (including phenoxy) is 1. The molecule has 1 N–H and O–H groups in total. The van der Waals surface area contributed by atoms with E-state index in [1.807, 2.05) is 30.3 Å². The lowest BCUT2D eigenvalue weighted by Gasteiger charge is -2.11. The third kappa shape index (κ3) is 2.91. The topological polar surface area (TPSA) is 42.4 Å². The number of aliphatic hydroxyl groups excluding tert-OH is 1. The second-order valence-electron chi connectivity index (χ2n) is 4.80. The molecular weight excluding hydrogens is 330 g/mol. The van der Waals surface area contributed by atoms with Gasteiger partial charge in [-0.05, 0) is 51.3 Å². The summed E-state index contributed by atoms with van der Waals surface area (Å²) in [4.78, 5) is 4.18. The quantitative estimate of drug-likeness (QED) is 0.739. The second kappa shape index (κ2) is 5.84. The van der Waals surface area contributed by atoms with Crippen molar-refractivity contribution < 1.29 is 9.84 Å². The van der Waals surface area contributed by atoms with Crippen molar-refractivity contribution in [1.29, 1.82) is 0 Å². The molecule has 1 heterocycles. The summed E-state index contributed by atoms with van der Waals surface area (Å²) >= 11 is 3.58. The van der Waals surface area contributed by atoms with Crippen LogP contribution in [-0.4, -0.2) is 10.1 Å². The third-order valence-corrected chi connectivity index (χ3v) is 4.10. The highest BCUT2D eigenvalue weighted by Crippen LogP contribution is 2.35. The van der Waals surface area contributed by atoms with Crippen molar-refractivity contribution in [3.63, 3.8) is 0 Å². The third-order valence-electron chi connectivity index (χ3n) is 3.28. The van der Waals surface area contributed by atoms with Crippen LogP contribution in [0.3, 0.4) is 0 Å². The van der Waals surface area contributed by atoms with Crippen LogP contribution < -0.4 is 4.74 Å². The molecule has 0 aliphatic carbocycles. The number of hydrogen-bond donors (Lipinski definition) is 1. The zero-order chi connectivity index (χ0) is 14.8. The van der Waals surface area contributed by atoms with Gasteiger partial charge < -0.3 is 9.84 Å². The van der Waals surface area contributed by atoms with Gasteiger partial charge in [-0.2, -0.15) is 0 Å². The Morgan fingerprint density at radius 2 is 1.95 bits per heavy atom. The van der Waals surface area contributed by atoms with E-state index in [-0.39, 0.29) is 0 Å². The predicted octanol–water partition coefficient (Wildman–Crippen LogP) is 4.84. The molecule has 1 atom stereocenters. The average molecular weight is 344 g/mol. The lowest BCUT2D eigenvalue weighted by atomic mass is 10.1. The molecule has 3 rings (SSSR count). The lowest BCUT2D eigenvalue weighted by Crippen LogP contribution is -1.94. The van der Waals surface area contributed by atoms with Gasteiger partial charge >= 0.3 is 0 Å². The Bertz CT molecular complexity index is 787. The van der Waals surface area contributed by atoms with Crippen molar-refractivity contribution in [1.82, 2.24) is 4.98 Å². The Labute approximate surface area is 131 Å². The summed E-state index contributed by atoms with van der Waals surface area (Å²) in [5.74, 6) is 1.16. The van der Waals surface area contributed by atoms with Gasteiger partial charge in [0.05, 0.1) is 10.6 Å². The van der Waals surface area contributed by atoms with E-state index in [2.05, 4.69) is 27.0 Å². The Morgan fingerprint density at radius 1 is 1.14 bits per heavy atom. The fourth-order valence-corrected chi connectivity index (χ4v) is 2.72. The summed E-state index contributed by atoms with van der Waals surface area (Å²) in [5.41, 5.74) is 0.775. The van der Waals surface area contributed by atoms with Crippen molar-refractivity contribution >= 4 is 26.7 Å². The smallest absolute Gasteiger partial charge is 0.219 e. The summed E-state index contributed by atoms with van der Waals surface area (Å²) in [7, 11) is 0. The molecule has 3 nitrogen and oxygen atoms in total. The number of nitrogens with zero attached hydrogens (tertiary/aromatic N) is 1. The molecule has 0 saturated heterocycles. The molecule has 2 aromatic carbocycles. The van der Waals surface area contributed by atoms with Crippen molar-refractivity contribution in [3.8, 4) is 11.6 Å². The number of aliphatic hydroxyl groups is 1. The van der Waals surface area contributed by atoms with Crippen LogP contribution in [0.5, 0.6) is 11.6 Å². The lowest BCUT2D eigenvalue weighted by molar-refractivity contribution is 0.198. The van der Waals surface area contributed by atoms with E-state index in [1.165, 1.54) is 0 Å². The monoisotopic (exact) mass is 343 g/mol. The maximum Gasteiger partial charge on any atom is 0.219 e. The van der Waals surface area contributed by atoms with Gasteiger partial charge in [-0.1, -0.05) is 30.3 Å². The van der Waals surface area contributed by atoms with E-state index >= 15 is 0 Å². The van der Waals surface area contributed by atoms with E-state index in [4.69, 9.17) is 4.74 Å². The summed E-state index contributed by atoms with van der Waals surface area (Å²) in [6.45, 7) is 1.71. The van der Waals surface area contributed by atoms with Crippen LogP contribution in [0, 0.1) is 0 Å². The van der Waals surface area contributed by atoms with E-state index in [9.17, 15) is 5.11 Å². The molecule has 0 aliphatic heterocycles. The molecule has 3 aromatic rings. The van der Waals surface area contributed by atoms with Gasteiger partial charge in [-0.3, -0.25) is 0 Å². The number of hydrogen-bond acceptors (Lipinski definition) is 3. The van der Waals surface area contributed by atoms with Crippen LogP contribution in [0.2, 0.25) is 0 Å². The first-order valence-corrected chi connectivity index (χ1v) is 7.43. The fraction of sp³-hybridized carbons (Fsp3) is 0.118. The molecule has 106 valence electrons. The number of halogens is 1. The van der Waals surface area contributed by atoms with Crippen LogP contribution in [0.15, 0.2) is 59.2 Å². The van der Waals surface area contributed by atoms with E-state index in [0.717, 1.165) is 20.8 Å². The number of fused-ring (bicyclic) bond motifs is 1. The van der Waals surface area contributed by atoms with Crippen molar-refractivity contribution in [2.75, 3.05) is 0 Å². The number of pyridine rings is 1. The standard InChI is InChI=1S/C17H14BrNO2/c1-11(20)13-8-9-19-16(10-13)21-15-7-6-12-4-2-3-5-14(12)17(15)18/h2-11,20H,1H3/t11-/m1/s1. The Hall–Kier alpha value is -1.91. The highest BCUT2D eigenvalue weighted by molar-refractivity contribution is 9.10. The first kappa shape index (κ1) is 14.0. The fourth-order valence-electron chi connectivity index (χ4n) is 2.15. The van der Waals surface area contributed by atoms with Gasteiger partial charge in [0.2, 0.25) is 5.88 Å². The molecule has 0 radical (unpaired) electrons. The van der Waals surface area contributed by atoms with Crippen molar-refractivity contribution in [2.45, 2.75) is 13.0 Å². The molecule has 21 heavy (non-hydrogen) atoms. The van der Waals surface area contributed by atoms with Gasteiger partial charge in [0.15, 0.2) is 0 Å². The second-order valence-corrected chi connectivity index (χ2v) is 5.60. The summed E-state index contributed by atoms with van der Waals surface area (Å²) in [5, 5.41) is 11.8. The molecule has 4 heteroatoms. The van der Waals surface area contributed by atoms with Crippen molar-refractivity contribution in [2.24, 2.45) is 0 Å².